The Morgan fingerprint density at radius 3 is 1.86 bits per heavy atom. The van der Waals surface area contributed by atoms with E-state index < -0.39 is 0 Å². The van der Waals surface area contributed by atoms with Crippen LogP contribution in [0, 0.1) is 0 Å². The second-order valence-corrected chi connectivity index (χ2v) is 18.1. The monoisotopic (exact) mass is 841 g/mol. The van der Waals surface area contributed by atoms with Gasteiger partial charge < -0.3 is 9.32 Å². The lowest BCUT2D eigenvalue weighted by atomic mass is 9.97. The molecule has 0 radical (unpaired) electrons. The minimum atomic E-state index is 0.896. The Morgan fingerprint density at radius 1 is 0.492 bits per heavy atom. The molecule has 0 saturated heterocycles. The summed E-state index contributed by atoms with van der Waals surface area (Å²) in [6.07, 6.45) is 6.27. The highest BCUT2D eigenvalue weighted by Crippen LogP contribution is 2.44. The quantitative estimate of drug-likeness (QED) is 0.152. The van der Waals surface area contributed by atoms with Crippen LogP contribution in [0.5, 0.6) is 0 Å². The Hall–Kier alpha value is -7.50. The van der Waals surface area contributed by atoms with Gasteiger partial charge >= 0.3 is 0 Å². The van der Waals surface area contributed by atoms with Crippen molar-refractivity contribution in [2.75, 3.05) is 4.90 Å². The third-order valence-corrected chi connectivity index (χ3v) is 14.8. The maximum absolute atomic E-state index is 6.56. The van der Waals surface area contributed by atoms with Crippen molar-refractivity contribution in [2.45, 2.75) is 6.92 Å². The van der Waals surface area contributed by atoms with Crippen molar-refractivity contribution >= 4 is 115 Å². The Bertz CT molecular complexity index is 3750. The van der Waals surface area contributed by atoms with E-state index in [0.717, 1.165) is 55.5 Å². The van der Waals surface area contributed by atoms with Crippen LogP contribution in [0.25, 0.3) is 109 Å². The van der Waals surface area contributed by atoms with Gasteiger partial charge in [-0.1, -0.05) is 140 Å². The number of benzene rings is 9. The predicted octanol–water partition coefficient (Wildman–Crippen LogP) is 18.5. The number of thiophene rings is 2. The first-order valence-electron chi connectivity index (χ1n) is 21.3. The maximum atomic E-state index is 6.56. The fourth-order valence-corrected chi connectivity index (χ4v) is 11.8. The van der Waals surface area contributed by atoms with Crippen LogP contribution in [0.3, 0.4) is 0 Å². The Balaban J connectivity index is 0.952. The van der Waals surface area contributed by atoms with Crippen molar-refractivity contribution in [3.8, 4) is 33.4 Å². The highest BCUT2D eigenvalue weighted by molar-refractivity contribution is 7.25. The molecule has 0 N–H and O–H groups in total. The Morgan fingerprint density at radius 2 is 1.11 bits per heavy atom. The second-order valence-electron chi connectivity index (χ2n) is 16.0. The first-order valence-corrected chi connectivity index (χ1v) is 22.9. The van der Waals surface area contributed by atoms with Gasteiger partial charge in [-0.2, -0.15) is 0 Å². The summed E-state index contributed by atoms with van der Waals surface area (Å²) in [5.41, 5.74) is 13.4. The lowest BCUT2D eigenvalue weighted by Gasteiger charge is -2.26. The number of rotatable bonds is 8. The Labute approximate surface area is 373 Å². The van der Waals surface area contributed by atoms with Crippen molar-refractivity contribution in [1.82, 2.24) is 0 Å². The fraction of sp³-hybridized carbons (Fsp3) is 0.0169. The van der Waals surface area contributed by atoms with Gasteiger partial charge in [-0.25, -0.2) is 0 Å². The van der Waals surface area contributed by atoms with Crippen LogP contribution in [0.2, 0.25) is 0 Å². The van der Waals surface area contributed by atoms with E-state index in [2.05, 4.69) is 219 Å². The van der Waals surface area contributed by atoms with Gasteiger partial charge in [-0.05, 0) is 124 Å². The SMILES string of the molecule is C=Cc1c(/C=C\C)sc2c(-c3ccc(N(c4ccc(-c5ccc6sc7ccccc7c6c5)cc4)c4ccc(-c5cccc6oc7c8ccccc8ccc7c56)cc4)cc3)cccc12. The molecule has 0 spiro atoms. The summed E-state index contributed by atoms with van der Waals surface area (Å²) in [7, 11) is 0. The number of furan rings is 1. The van der Waals surface area contributed by atoms with Gasteiger partial charge in [0.2, 0.25) is 0 Å². The standard InChI is InChI=1S/C59H39NOS2/c1-3-11-54-45(4-2)50-17-9-16-48(59(50)63-54)40-24-32-44(33-25-40)60(42-28-20-37(21-29-42)41-27-35-56-52(36-41)49-14-7-8-19-55(49)62-56)43-30-22-39(23-31-43)46-15-10-18-53-57(46)51-34-26-38-12-5-6-13-47(38)58(51)61-53/h3-36H,2H2,1H3/b11-3-. The van der Waals surface area contributed by atoms with Crippen molar-refractivity contribution in [3.05, 3.63) is 211 Å². The topological polar surface area (TPSA) is 16.4 Å². The molecule has 0 aliphatic heterocycles. The van der Waals surface area contributed by atoms with E-state index in [1.165, 1.54) is 68.3 Å². The molecule has 0 aliphatic rings. The van der Waals surface area contributed by atoms with Crippen LogP contribution in [0.15, 0.2) is 205 Å². The molecule has 12 rings (SSSR count). The molecule has 3 aromatic heterocycles. The zero-order chi connectivity index (χ0) is 42.0. The first kappa shape index (κ1) is 37.3. The van der Waals surface area contributed by atoms with E-state index in [9.17, 15) is 0 Å². The molecule has 2 nitrogen and oxygen atoms in total. The molecule has 0 amide bonds. The van der Waals surface area contributed by atoms with E-state index in [-0.39, 0.29) is 0 Å². The smallest absolute Gasteiger partial charge is 0.143 e. The van der Waals surface area contributed by atoms with E-state index in [1.54, 1.807) is 0 Å². The molecule has 298 valence electrons. The number of anilines is 3. The van der Waals surface area contributed by atoms with Gasteiger partial charge in [0.25, 0.3) is 0 Å². The first-order chi connectivity index (χ1) is 31.1. The molecular formula is C59H39NOS2. The van der Waals surface area contributed by atoms with Crippen LogP contribution >= 0.6 is 22.7 Å². The van der Waals surface area contributed by atoms with Crippen LogP contribution in [0.4, 0.5) is 17.1 Å². The van der Waals surface area contributed by atoms with Gasteiger partial charge in [0, 0.05) is 68.4 Å². The molecule has 0 aliphatic carbocycles. The van der Waals surface area contributed by atoms with Gasteiger partial charge in [0.15, 0.2) is 0 Å². The summed E-state index contributed by atoms with van der Waals surface area (Å²) in [5.74, 6) is 0. The Kier molecular flexibility index (Phi) is 8.96. The minimum Gasteiger partial charge on any atom is -0.455 e. The molecule has 0 fully saturated rings. The van der Waals surface area contributed by atoms with Crippen molar-refractivity contribution in [3.63, 3.8) is 0 Å². The molecule has 0 unspecified atom stereocenters. The number of hydrogen-bond donors (Lipinski definition) is 0. The zero-order valence-corrected chi connectivity index (χ0v) is 36.1. The van der Waals surface area contributed by atoms with Gasteiger partial charge in [0.05, 0.1) is 0 Å². The normalized spacial score (nSPS) is 11.9. The summed E-state index contributed by atoms with van der Waals surface area (Å²) in [4.78, 5) is 3.59. The predicted molar refractivity (Wildman–Crippen MR) is 275 cm³/mol. The zero-order valence-electron chi connectivity index (χ0n) is 34.5. The summed E-state index contributed by atoms with van der Waals surface area (Å²) >= 11 is 3.68. The second kappa shape index (κ2) is 15.1. The van der Waals surface area contributed by atoms with Gasteiger partial charge in [-0.3, -0.25) is 0 Å². The molecule has 3 heterocycles. The molecular weight excluding hydrogens is 803 g/mol. The van der Waals surface area contributed by atoms with E-state index >= 15 is 0 Å². The van der Waals surface area contributed by atoms with Crippen LogP contribution < -0.4 is 4.90 Å². The van der Waals surface area contributed by atoms with Crippen molar-refractivity contribution in [2.24, 2.45) is 0 Å². The summed E-state index contributed by atoms with van der Waals surface area (Å²) in [5, 5.41) is 8.45. The average molecular weight is 842 g/mol. The van der Waals surface area contributed by atoms with E-state index in [4.69, 9.17) is 4.42 Å². The number of hydrogen-bond acceptors (Lipinski definition) is 4. The molecule has 9 aromatic carbocycles. The molecule has 12 aromatic rings. The molecule has 0 bridgehead atoms. The molecule has 0 atom stereocenters. The molecule has 0 saturated carbocycles. The van der Waals surface area contributed by atoms with E-state index in [0.29, 0.717) is 0 Å². The average Bonchev–Trinajstić information content (AvgIpc) is 4.03. The lowest BCUT2D eigenvalue weighted by molar-refractivity contribution is 0.673. The van der Waals surface area contributed by atoms with Gasteiger partial charge in [-0.15, -0.1) is 22.7 Å². The number of fused-ring (bicyclic) bond motifs is 9. The molecule has 4 heteroatoms. The van der Waals surface area contributed by atoms with Crippen molar-refractivity contribution in [1.29, 1.82) is 0 Å². The van der Waals surface area contributed by atoms with Crippen molar-refractivity contribution < 1.29 is 4.42 Å². The lowest BCUT2D eigenvalue weighted by Crippen LogP contribution is -2.09. The highest BCUT2D eigenvalue weighted by Gasteiger charge is 2.18. The largest absolute Gasteiger partial charge is 0.455 e. The maximum Gasteiger partial charge on any atom is 0.143 e. The molecule has 63 heavy (non-hydrogen) atoms. The number of nitrogens with zero attached hydrogens (tertiary/aromatic N) is 1. The summed E-state index contributed by atoms with van der Waals surface area (Å²) in [6, 6.07) is 68.4. The minimum absolute atomic E-state index is 0.896. The van der Waals surface area contributed by atoms with Crippen LogP contribution in [-0.2, 0) is 0 Å². The summed E-state index contributed by atoms with van der Waals surface area (Å²) in [6.45, 7) is 6.22. The van der Waals surface area contributed by atoms with Crippen LogP contribution in [0.1, 0.15) is 17.4 Å². The third-order valence-electron chi connectivity index (χ3n) is 12.4. The third kappa shape index (κ3) is 6.21. The van der Waals surface area contributed by atoms with E-state index in [1.807, 2.05) is 28.7 Å². The van der Waals surface area contributed by atoms with Crippen LogP contribution in [-0.4, -0.2) is 0 Å². The fourth-order valence-electron chi connectivity index (χ4n) is 9.40. The summed E-state index contributed by atoms with van der Waals surface area (Å²) < 4.78 is 10.5. The number of allylic oxidation sites excluding steroid dienone is 1. The van der Waals surface area contributed by atoms with Gasteiger partial charge in [0.1, 0.15) is 11.2 Å². The highest BCUT2D eigenvalue weighted by atomic mass is 32.1.